The molecule has 7 nitrogen and oxygen atoms in total. The van der Waals surface area contributed by atoms with E-state index in [-0.39, 0.29) is 51.0 Å². The number of hydrogen-bond acceptors (Lipinski definition) is 5. The topological polar surface area (TPSA) is 89.3 Å². The van der Waals surface area contributed by atoms with Crippen molar-refractivity contribution in [2.75, 3.05) is 36.9 Å². The second kappa shape index (κ2) is 8.02. The van der Waals surface area contributed by atoms with Gasteiger partial charge in [0.15, 0.2) is 0 Å². The Labute approximate surface area is 236 Å². The molecule has 1 N–H and O–H groups in total. The number of amides is 2. The minimum absolute atomic E-state index is 0.0152. The largest absolute Gasteiger partial charge is 0.418 e. The molecule has 1 aromatic carbocycles. The molecule has 3 saturated carbocycles. The van der Waals surface area contributed by atoms with Crippen LogP contribution in [-0.2, 0) is 16.4 Å². The Morgan fingerprint density at radius 1 is 1.15 bits per heavy atom. The lowest BCUT2D eigenvalue weighted by atomic mass is 9.58. The Morgan fingerprint density at radius 2 is 1.80 bits per heavy atom. The van der Waals surface area contributed by atoms with Gasteiger partial charge in [0.25, 0.3) is 5.91 Å². The number of anilines is 2. The van der Waals surface area contributed by atoms with Gasteiger partial charge >= 0.3 is 6.18 Å². The average molecular weight is 564 g/mol. The Kier molecular flexibility index (Phi) is 5.14. The van der Waals surface area contributed by atoms with Gasteiger partial charge in [0.05, 0.1) is 29.1 Å². The molecule has 41 heavy (non-hydrogen) atoms. The van der Waals surface area contributed by atoms with Crippen LogP contribution >= 0.6 is 0 Å². The van der Waals surface area contributed by atoms with E-state index in [1.807, 2.05) is 36.6 Å². The molecule has 7 rings (SSSR count). The Bertz CT molecular complexity index is 1540. The number of carbonyl (C=O) groups is 2. The number of aromatic nitrogens is 1. The molecule has 10 heteroatoms. The Hall–Kier alpha value is -3.61. The molecular formula is C31H32F3N5O2. The summed E-state index contributed by atoms with van der Waals surface area (Å²) in [5.41, 5.74) is -1.95. The molecule has 214 valence electrons. The van der Waals surface area contributed by atoms with Crippen LogP contribution < -0.4 is 10.2 Å². The molecule has 2 aromatic rings. The summed E-state index contributed by atoms with van der Waals surface area (Å²) in [6.07, 6.45) is -1.75. The second-order valence-electron chi connectivity index (χ2n) is 13.5. The first kappa shape index (κ1) is 26.3. The number of carbonyl (C=O) groups excluding carboxylic acids is 2. The first-order valence-electron chi connectivity index (χ1n) is 14.2. The normalized spacial score (nSPS) is 34.1. The quantitative estimate of drug-likeness (QED) is 0.561. The van der Waals surface area contributed by atoms with Crippen LogP contribution in [0.15, 0.2) is 30.5 Å². The number of alkyl halides is 3. The van der Waals surface area contributed by atoms with Crippen molar-refractivity contribution in [3.05, 3.63) is 52.7 Å². The molecular weight excluding hydrogens is 531 g/mol. The number of likely N-dealkylation sites (tertiary alicyclic amines) is 1. The second-order valence-corrected chi connectivity index (χ2v) is 13.5. The highest BCUT2D eigenvalue weighted by atomic mass is 19.4. The standard InChI is InChI=1S/C31H32F3N5O2/c1-16(2)26(41)39-14-29-9-19(29)20-10-30(20,15-39)27(29)28(3)13-38(4)24-23(28)22(31(32,33)34)21(12-36-24)37-25(40)18-7-5-6-17(8-18)11-35/h5-8,12,16,19-20,27H,9-10,13-15H2,1-4H3,(H,37,40)/t19-,20+,27?,28?,29?,30?. The molecule has 2 aliphatic heterocycles. The van der Waals surface area contributed by atoms with Crippen molar-refractivity contribution in [1.82, 2.24) is 9.88 Å². The van der Waals surface area contributed by atoms with Gasteiger partial charge in [-0.25, -0.2) is 4.98 Å². The van der Waals surface area contributed by atoms with Gasteiger partial charge in [-0.15, -0.1) is 0 Å². The van der Waals surface area contributed by atoms with Crippen molar-refractivity contribution in [2.24, 2.45) is 34.5 Å². The van der Waals surface area contributed by atoms with Crippen LogP contribution in [-0.4, -0.2) is 48.4 Å². The molecule has 4 fully saturated rings. The van der Waals surface area contributed by atoms with Crippen molar-refractivity contribution in [2.45, 2.75) is 45.2 Å². The molecule has 3 heterocycles. The zero-order valence-corrected chi connectivity index (χ0v) is 23.5. The number of piperidine rings is 1. The third kappa shape index (κ3) is 3.41. The molecule has 3 aliphatic carbocycles. The lowest BCUT2D eigenvalue weighted by Gasteiger charge is -2.51. The lowest BCUT2D eigenvalue weighted by molar-refractivity contribution is -0.141. The lowest BCUT2D eigenvalue weighted by Crippen LogP contribution is -2.57. The summed E-state index contributed by atoms with van der Waals surface area (Å²) in [6, 6.07) is 7.81. The van der Waals surface area contributed by atoms with E-state index < -0.39 is 23.1 Å². The summed E-state index contributed by atoms with van der Waals surface area (Å²) >= 11 is 0. The molecule has 0 radical (unpaired) electrons. The third-order valence-electron chi connectivity index (χ3n) is 10.7. The number of nitriles is 1. The van der Waals surface area contributed by atoms with Gasteiger partial charge in [0.1, 0.15) is 5.82 Å². The molecule has 1 aromatic heterocycles. The van der Waals surface area contributed by atoms with Crippen molar-refractivity contribution in [3.8, 4) is 6.07 Å². The summed E-state index contributed by atoms with van der Waals surface area (Å²) in [7, 11) is 1.78. The van der Waals surface area contributed by atoms with E-state index in [9.17, 15) is 14.9 Å². The number of rotatable bonds is 4. The minimum Gasteiger partial charge on any atom is -0.359 e. The third-order valence-corrected chi connectivity index (χ3v) is 10.7. The summed E-state index contributed by atoms with van der Waals surface area (Å²) in [5, 5.41) is 11.7. The van der Waals surface area contributed by atoms with E-state index >= 15 is 13.2 Å². The van der Waals surface area contributed by atoms with Crippen LogP contribution in [0.2, 0.25) is 0 Å². The molecule has 2 amide bonds. The van der Waals surface area contributed by atoms with Crippen molar-refractivity contribution >= 4 is 23.3 Å². The SMILES string of the molecule is CC(C)C(=O)N1CC23C[C@@H]2[C@@H]2CC2(C1)C3C1(C)CN(C)c2ncc(NC(=O)c3cccc(C#N)c3)c(C(F)(F)F)c21. The summed E-state index contributed by atoms with van der Waals surface area (Å²) in [5.74, 6) is 0.443. The number of fused-ring (bicyclic) bond motifs is 2. The van der Waals surface area contributed by atoms with Crippen LogP contribution in [0.1, 0.15) is 60.7 Å². The maximum atomic E-state index is 15.1. The Balaban J connectivity index is 1.33. The monoisotopic (exact) mass is 563 g/mol. The number of pyridine rings is 1. The Morgan fingerprint density at radius 3 is 2.39 bits per heavy atom. The summed E-state index contributed by atoms with van der Waals surface area (Å²) < 4.78 is 45.3. The van der Waals surface area contributed by atoms with Crippen LogP contribution in [0.5, 0.6) is 0 Å². The molecule has 5 aliphatic rings. The number of benzene rings is 1. The van der Waals surface area contributed by atoms with Gasteiger partial charge < -0.3 is 15.1 Å². The van der Waals surface area contributed by atoms with Crippen molar-refractivity contribution < 1.29 is 22.8 Å². The van der Waals surface area contributed by atoms with E-state index in [0.717, 1.165) is 19.0 Å². The highest BCUT2D eigenvalue weighted by molar-refractivity contribution is 6.05. The molecule has 6 atom stereocenters. The smallest absolute Gasteiger partial charge is 0.359 e. The summed E-state index contributed by atoms with van der Waals surface area (Å²) in [6.45, 7) is 7.36. The van der Waals surface area contributed by atoms with Gasteiger partial charge in [-0.2, -0.15) is 18.4 Å². The fourth-order valence-electron chi connectivity index (χ4n) is 9.65. The fraction of sp³-hybridized carbons (Fsp3) is 0.548. The van der Waals surface area contributed by atoms with Gasteiger partial charge in [0.2, 0.25) is 5.91 Å². The minimum atomic E-state index is -4.74. The number of hydrogen-bond donors (Lipinski definition) is 1. The van der Waals surface area contributed by atoms with Gasteiger partial charge in [-0.3, -0.25) is 9.59 Å². The molecule has 2 spiro atoms. The van der Waals surface area contributed by atoms with Gasteiger partial charge in [-0.1, -0.05) is 26.8 Å². The van der Waals surface area contributed by atoms with Crippen LogP contribution in [0, 0.1) is 45.8 Å². The summed E-state index contributed by atoms with van der Waals surface area (Å²) in [4.78, 5) is 34.5. The van der Waals surface area contributed by atoms with E-state index in [1.54, 1.807) is 7.05 Å². The number of likely N-dealkylation sites (N-methyl/N-ethyl adjacent to an activating group) is 1. The van der Waals surface area contributed by atoms with Gasteiger partial charge in [0, 0.05) is 49.1 Å². The molecule has 4 unspecified atom stereocenters. The fourth-order valence-corrected chi connectivity index (χ4v) is 9.65. The number of halogens is 3. The molecule has 2 bridgehead atoms. The van der Waals surface area contributed by atoms with E-state index in [0.29, 0.717) is 37.3 Å². The average Bonchev–Trinajstić information content (AvgIpc) is 3.77. The first-order chi connectivity index (χ1) is 19.3. The van der Waals surface area contributed by atoms with Crippen LogP contribution in [0.25, 0.3) is 0 Å². The predicted octanol–water partition coefficient (Wildman–Crippen LogP) is 5.07. The predicted molar refractivity (Wildman–Crippen MR) is 145 cm³/mol. The van der Waals surface area contributed by atoms with Crippen molar-refractivity contribution in [3.63, 3.8) is 0 Å². The molecule has 1 saturated heterocycles. The van der Waals surface area contributed by atoms with Gasteiger partial charge in [-0.05, 0) is 59.6 Å². The van der Waals surface area contributed by atoms with Crippen molar-refractivity contribution in [1.29, 1.82) is 5.26 Å². The number of nitrogens with zero attached hydrogens (tertiary/aromatic N) is 4. The van der Waals surface area contributed by atoms with Crippen LogP contribution in [0.4, 0.5) is 24.7 Å². The van der Waals surface area contributed by atoms with E-state index in [2.05, 4.69) is 10.3 Å². The highest BCUT2D eigenvalue weighted by Crippen LogP contribution is 2.90. The van der Waals surface area contributed by atoms with Crippen LogP contribution in [0.3, 0.4) is 0 Å². The first-order valence-corrected chi connectivity index (χ1v) is 14.2. The zero-order valence-electron chi connectivity index (χ0n) is 23.5. The maximum Gasteiger partial charge on any atom is 0.418 e. The van der Waals surface area contributed by atoms with E-state index in [4.69, 9.17) is 0 Å². The number of nitrogens with one attached hydrogen (secondary N) is 1. The highest BCUT2D eigenvalue weighted by Gasteiger charge is 2.88. The maximum absolute atomic E-state index is 15.1. The van der Waals surface area contributed by atoms with E-state index in [1.165, 1.54) is 24.3 Å². The zero-order chi connectivity index (χ0) is 29.3.